The molecule has 2 aromatic rings. The van der Waals surface area contributed by atoms with Crippen molar-refractivity contribution in [2.24, 2.45) is 11.1 Å². The van der Waals surface area contributed by atoms with Crippen LogP contribution in [0.2, 0.25) is 0 Å². The highest BCUT2D eigenvalue weighted by atomic mass is 32.2. The number of aliphatic hydroxyl groups excluding tert-OH is 1. The van der Waals surface area contributed by atoms with Crippen LogP contribution in [0, 0.1) is 19.3 Å². The van der Waals surface area contributed by atoms with Crippen LogP contribution in [0.15, 0.2) is 36.4 Å². The van der Waals surface area contributed by atoms with Crippen LogP contribution in [0.5, 0.6) is 5.75 Å². The molecular formula is C29H41NO4S. The zero-order chi connectivity index (χ0) is 26.4. The van der Waals surface area contributed by atoms with Crippen molar-refractivity contribution in [2.75, 3.05) is 6.61 Å². The average molecular weight is 500 g/mol. The number of amides is 1. The number of nitrogens with two attached hydrogens (primary N) is 1. The molecule has 2 atom stereocenters. The highest BCUT2D eigenvalue weighted by Gasteiger charge is 2.32. The Labute approximate surface area is 214 Å². The largest absolute Gasteiger partial charge is 0.491 e. The Hall–Kier alpha value is -2.31. The fourth-order valence-electron chi connectivity index (χ4n) is 4.47. The van der Waals surface area contributed by atoms with Crippen molar-refractivity contribution in [3.63, 3.8) is 0 Å². The maximum absolute atomic E-state index is 11.4. The molecule has 0 aliphatic carbocycles. The molecule has 192 valence electrons. The van der Waals surface area contributed by atoms with Crippen molar-refractivity contribution in [3.8, 4) is 5.75 Å². The van der Waals surface area contributed by atoms with Crippen molar-refractivity contribution in [2.45, 2.75) is 84.5 Å². The van der Waals surface area contributed by atoms with E-state index in [1.54, 1.807) is 0 Å². The third kappa shape index (κ3) is 7.11. The van der Waals surface area contributed by atoms with Crippen LogP contribution < -0.4 is 10.5 Å². The molecule has 1 amide bonds. The van der Waals surface area contributed by atoms with Gasteiger partial charge in [0.15, 0.2) is 0 Å². The molecule has 5 nitrogen and oxygen atoms in total. The van der Waals surface area contributed by atoms with Gasteiger partial charge >= 0.3 is 0 Å². The third-order valence-electron chi connectivity index (χ3n) is 7.07. The first-order valence-electron chi connectivity index (χ1n) is 12.3. The molecule has 2 aromatic carbocycles. The summed E-state index contributed by atoms with van der Waals surface area (Å²) < 4.78 is 5.96. The van der Waals surface area contributed by atoms with E-state index in [2.05, 4.69) is 51.1 Å². The van der Waals surface area contributed by atoms with Gasteiger partial charge in [-0.3, -0.25) is 4.79 Å². The number of aryl methyl sites for hydroxylation is 2. The highest BCUT2D eigenvalue weighted by molar-refractivity contribution is 8.14. The summed E-state index contributed by atoms with van der Waals surface area (Å²) in [6.45, 7) is 14.8. The molecule has 35 heavy (non-hydrogen) atoms. The molecule has 6 heteroatoms. The van der Waals surface area contributed by atoms with Gasteiger partial charge < -0.3 is 20.4 Å². The van der Waals surface area contributed by atoms with Crippen LogP contribution >= 0.6 is 11.8 Å². The Balaban J connectivity index is 2.35. The molecule has 0 aliphatic heterocycles. The minimum Gasteiger partial charge on any atom is -0.491 e. The predicted octanol–water partition coefficient (Wildman–Crippen LogP) is 6.12. The van der Waals surface area contributed by atoms with Gasteiger partial charge in [-0.15, -0.1) is 0 Å². The maximum Gasteiger partial charge on any atom is 0.277 e. The highest BCUT2D eigenvalue weighted by Crippen LogP contribution is 2.41. The van der Waals surface area contributed by atoms with Crippen molar-refractivity contribution in [1.29, 1.82) is 0 Å². The lowest BCUT2D eigenvalue weighted by molar-refractivity contribution is -0.107. The van der Waals surface area contributed by atoms with Gasteiger partial charge in [0.1, 0.15) is 18.6 Å². The molecule has 3 N–H and O–H groups in total. The summed E-state index contributed by atoms with van der Waals surface area (Å²) in [7, 11) is 0. The zero-order valence-electron chi connectivity index (χ0n) is 22.2. The van der Waals surface area contributed by atoms with Crippen molar-refractivity contribution >= 4 is 23.3 Å². The predicted molar refractivity (Wildman–Crippen MR) is 145 cm³/mol. The Morgan fingerprint density at radius 2 is 1.63 bits per heavy atom. The van der Waals surface area contributed by atoms with Gasteiger partial charge in [0, 0.05) is 5.41 Å². The van der Waals surface area contributed by atoms with E-state index < -0.39 is 16.6 Å². The first kappa shape index (κ1) is 28.9. The number of ether oxygens (including phenoxy) is 1. The van der Waals surface area contributed by atoms with E-state index in [9.17, 15) is 14.7 Å². The maximum atomic E-state index is 11.4. The number of hydrogen-bond donors (Lipinski definition) is 2. The second-order valence-corrected chi connectivity index (χ2v) is 11.7. The monoisotopic (exact) mass is 499 g/mol. The van der Waals surface area contributed by atoms with Crippen LogP contribution in [0.3, 0.4) is 0 Å². The summed E-state index contributed by atoms with van der Waals surface area (Å²) in [5, 5.41) is 9.32. The summed E-state index contributed by atoms with van der Waals surface area (Å²) in [4.78, 5) is 22.6. The molecule has 0 radical (unpaired) electrons. The van der Waals surface area contributed by atoms with Gasteiger partial charge in [-0.05, 0) is 72.4 Å². The van der Waals surface area contributed by atoms with E-state index in [1.165, 1.54) is 11.1 Å². The normalized spacial score (nSPS) is 13.8. The summed E-state index contributed by atoms with van der Waals surface area (Å²) >= 11 is 0.872. The van der Waals surface area contributed by atoms with Crippen LogP contribution in [0.4, 0.5) is 4.79 Å². The van der Waals surface area contributed by atoms with Crippen molar-refractivity contribution < 1.29 is 19.4 Å². The standard InChI is InChI=1S/C29H41NO4S/c1-8-29(9-2,22-11-10-21(19(3)14-22)16-24(17-31)35-27(30)33)23-12-13-25(20(4)15-23)34-18-26(32)28(5,6)7/h10-15,17,24,26,32H,8-9,16,18H2,1-7H3,(H2,30,33). The van der Waals surface area contributed by atoms with Crippen LogP contribution in [0.25, 0.3) is 0 Å². The Bertz CT molecular complexity index is 1020. The van der Waals surface area contributed by atoms with Crippen LogP contribution in [0.1, 0.15) is 75.3 Å². The topological polar surface area (TPSA) is 89.6 Å². The summed E-state index contributed by atoms with van der Waals surface area (Å²) in [5.41, 5.74) is 10.5. The number of thioether (sulfide) groups is 1. The third-order valence-corrected chi connectivity index (χ3v) is 7.88. The van der Waals surface area contributed by atoms with Gasteiger partial charge in [0.2, 0.25) is 0 Å². The van der Waals surface area contributed by atoms with E-state index in [-0.39, 0.29) is 17.4 Å². The molecule has 0 aliphatic rings. The second-order valence-electron chi connectivity index (χ2n) is 10.4. The lowest BCUT2D eigenvalue weighted by Crippen LogP contribution is -2.32. The molecule has 0 aromatic heterocycles. The first-order chi connectivity index (χ1) is 16.4. The van der Waals surface area contributed by atoms with E-state index in [0.717, 1.165) is 53.3 Å². The van der Waals surface area contributed by atoms with E-state index in [4.69, 9.17) is 10.5 Å². The number of primary amides is 1. The quantitative estimate of drug-likeness (QED) is 0.364. The summed E-state index contributed by atoms with van der Waals surface area (Å²) in [6.07, 6.45) is 2.57. The van der Waals surface area contributed by atoms with Gasteiger partial charge in [0.25, 0.3) is 5.24 Å². The van der Waals surface area contributed by atoms with E-state index >= 15 is 0 Å². The first-order valence-corrected chi connectivity index (χ1v) is 13.2. The number of hydrogen-bond acceptors (Lipinski definition) is 5. The zero-order valence-corrected chi connectivity index (χ0v) is 23.0. The molecule has 0 spiro atoms. The molecule has 0 fully saturated rings. The molecule has 2 unspecified atom stereocenters. The second kappa shape index (κ2) is 12.1. The van der Waals surface area contributed by atoms with Gasteiger partial charge in [-0.1, -0.05) is 76.7 Å². The molecular weight excluding hydrogens is 458 g/mol. The van der Waals surface area contributed by atoms with Crippen molar-refractivity contribution in [3.05, 3.63) is 64.2 Å². The van der Waals surface area contributed by atoms with Gasteiger partial charge in [-0.25, -0.2) is 0 Å². The molecule has 0 bridgehead atoms. The number of aliphatic hydroxyl groups is 1. The molecule has 0 saturated heterocycles. The fourth-order valence-corrected chi connectivity index (χ4v) is 5.08. The number of benzene rings is 2. The van der Waals surface area contributed by atoms with Crippen LogP contribution in [-0.4, -0.2) is 34.6 Å². The van der Waals surface area contributed by atoms with Gasteiger partial charge in [-0.2, -0.15) is 0 Å². The van der Waals surface area contributed by atoms with Gasteiger partial charge in [0.05, 0.1) is 11.4 Å². The summed E-state index contributed by atoms with van der Waals surface area (Å²) in [6, 6.07) is 12.8. The Morgan fingerprint density at radius 3 is 2.09 bits per heavy atom. The number of carbonyl (C=O) groups is 2. The molecule has 0 saturated carbocycles. The van der Waals surface area contributed by atoms with E-state index in [1.807, 2.05) is 33.8 Å². The van der Waals surface area contributed by atoms with Crippen molar-refractivity contribution in [1.82, 2.24) is 0 Å². The minimum absolute atomic E-state index is 0.163. The van der Waals surface area contributed by atoms with E-state index in [0.29, 0.717) is 6.42 Å². The SMILES string of the molecule is CCC(CC)(c1ccc(CC(C=O)SC(N)=O)c(C)c1)c1ccc(OCC(O)C(C)(C)C)c(C)c1. The lowest BCUT2D eigenvalue weighted by atomic mass is 9.69. The Kier molecular flexibility index (Phi) is 9.99. The molecule has 0 heterocycles. The number of carbonyl (C=O) groups excluding carboxylic acids is 2. The smallest absolute Gasteiger partial charge is 0.277 e. The number of rotatable bonds is 11. The fraction of sp³-hybridized carbons (Fsp3) is 0.517. The molecule has 2 rings (SSSR count). The number of aldehydes is 1. The summed E-state index contributed by atoms with van der Waals surface area (Å²) in [5.74, 6) is 0.788. The minimum atomic E-state index is -0.548. The lowest BCUT2D eigenvalue weighted by Gasteiger charge is -2.34. The average Bonchev–Trinajstić information content (AvgIpc) is 2.79. The Morgan fingerprint density at radius 1 is 1.06 bits per heavy atom. The van der Waals surface area contributed by atoms with Crippen LogP contribution in [-0.2, 0) is 16.6 Å².